The van der Waals surface area contributed by atoms with Crippen LogP contribution in [0.25, 0.3) is 10.9 Å². The number of nitrogens with one attached hydrogen (secondary N) is 1. The summed E-state index contributed by atoms with van der Waals surface area (Å²) in [6.07, 6.45) is 4.71. The normalized spacial score (nSPS) is 21.5. The number of aromatic nitrogens is 1. The summed E-state index contributed by atoms with van der Waals surface area (Å²) in [5.41, 5.74) is 4.10. The van der Waals surface area contributed by atoms with Crippen LogP contribution in [0.5, 0.6) is 0 Å². The Bertz CT molecular complexity index is 873. The molecule has 0 radical (unpaired) electrons. The molecule has 3 aromatic rings. The average Bonchev–Trinajstić information content (AvgIpc) is 3.27. The first-order valence-electron chi connectivity index (χ1n) is 9.38. The van der Waals surface area contributed by atoms with E-state index in [0.717, 1.165) is 50.6 Å². The first-order valence-corrected chi connectivity index (χ1v) is 9.38. The van der Waals surface area contributed by atoms with Crippen molar-refractivity contribution in [2.75, 3.05) is 13.2 Å². The van der Waals surface area contributed by atoms with Crippen LogP contribution in [0.15, 0.2) is 40.8 Å². The van der Waals surface area contributed by atoms with Gasteiger partial charge in [-0.25, -0.2) is 0 Å². The highest BCUT2D eigenvalue weighted by Gasteiger charge is 2.23. The lowest BCUT2D eigenvalue weighted by Crippen LogP contribution is -2.29. The number of hydrogen-bond donors (Lipinski definition) is 1. The van der Waals surface area contributed by atoms with Gasteiger partial charge in [-0.15, -0.1) is 0 Å². The molecule has 2 aromatic heterocycles. The van der Waals surface area contributed by atoms with Crippen molar-refractivity contribution in [1.29, 1.82) is 0 Å². The average molecular weight is 336 g/mol. The summed E-state index contributed by atoms with van der Waals surface area (Å²) in [7, 11) is 0. The van der Waals surface area contributed by atoms with Crippen molar-refractivity contribution in [1.82, 2.24) is 9.88 Å². The first kappa shape index (κ1) is 15.2. The van der Waals surface area contributed by atoms with Gasteiger partial charge in [0.1, 0.15) is 17.6 Å². The largest absolute Gasteiger partial charge is 0.462 e. The van der Waals surface area contributed by atoms with E-state index in [1.54, 1.807) is 0 Å². The fourth-order valence-corrected chi connectivity index (χ4v) is 4.20. The van der Waals surface area contributed by atoms with Gasteiger partial charge < -0.3 is 14.1 Å². The molecular formula is C21H24N2O2. The Hall–Kier alpha value is -2.04. The maximum Gasteiger partial charge on any atom is 0.133 e. The molecule has 2 aliphatic rings. The fraction of sp³-hybridized carbons (Fsp3) is 0.429. The zero-order valence-corrected chi connectivity index (χ0v) is 14.5. The number of hydrogen-bond acceptors (Lipinski definition) is 3. The topological polar surface area (TPSA) is 41.4 Å². The number of nitrogens with zero attached hydrogens (tertiary/aromatic N) is 1. The number of fused-ring (bicyclic) bond motifs is 3. The molecule has 5 rings (SSSR count). The van der Waals surface area contributed by atoms with Crippen LogP contribution in [0.4, 0.5) is 0 Å². The van der Waals surface area contributed by atoms with Crippen molar-refractivity contribution in [3.8, 4) is 0 Å². The van der Waals surface area contributed by atoms with Gasteiger partial charge in [0, 0.05) is 42.7 Å². The third-order valence-corrected chi connectivity index (χ3v) is 5.52. The summed E-state index contributed by atoms with van der Waals surface area (Å²) < 4.78 is 11.9. The molecule has 0 saturated carbocycles. The highest BCUT2D eigenvalue weighted by Crippen LogP contribution is 2.31. The van der Waals surface area contributed by atoms with E-state index in [0.29, 0.717) is 0 Å². The van der Waals surface area contributed by atoms with Crippen LogP contribution in [0.3, 0.4) is 0 Å². The minimum atomic E-state index is 0.157. The van der Waals surface area contributed by atoms with Gasteiger partial charge in [-0.05, 0) is 43.0 Å². The summed E-state index contributed by atoms with van der Waals surface area (Å²) in [4.78, 5) is 6.06. The number of benzene rings is 1. The van der Waals surface area contributed by atoms with E-state index in [4.69, 9.17) is 9.15 Å². The Balaban J connectivity index is 1.31. The lowest BCUT2D eigenvalue weighted by atomic mass is 10.0. The Kier molecular flexibility index (Phi) is 3.87. The Labute approximate surface area is 147 Å². The van der Waals surface area contributed by atoms with Crippen LogP contribution >= 0.6 is 0 Å². The zero-order chi connectivity index (χ0) is 16.6. The molecule has 1 fully saturated rings. The molecule has 0 unspecified atom stereocenters. The molecule has 4 heterocycles. The lowest BCUT2D eigenvalue weighted by molar-refractivity contribution is 0.000801. The number of furan rings is 1. The number of aromatic amines is 1. The third-order valence-electron chi connectivity index (χ3n) is 5.52. The lowest BCUT2D eigenvalue weighted by Gasteiger charge is -2.26. The molecule has 1 N–H and O–H groups in total. The number of ether oxygens (including phenoxy) is 1. The van der Waals surface area contributed by atoms with Crippen LogP contribution in [0, 0.1) is 0 Å². The van der Waals surface area contributed by atoms with Crippen LogP contribution in [-0.4, -0.2) is 23.0 Å². The molecule has 4 nitrogen and oxygen atoms in total. The van der Waals surface area contributed by atoms with Gasteiger partial charge in [-0.3, -0.25) is 4.90 Å². The van der Waals surface area contributed by atoms with E-state index >= 15 is 0 Å². The summed E-state index contributed by atoms with van der Waals surface area (Å²) in [6, 6.07) is 12.8. The van der Waals surface area contributed by atoms with E-state index in [1.165, 1.54) is 35.0 Å². The van der Waals surface area contributed by atoms with Gasteiger partial charge in [0.2, 0.25) is 0 Å². The molecule has 0 spiro atoms. The SMILES string of the molecule is c1ccc2c3c([nH]c2c1)CCN(Cc1ccc([C@@H]2CCCCO2)o1)C3. The second kappa shape index (κ2) is 6.36. The number of para-hydroxylation sites is 1. The molecule has 0 bridgehead atoms. The van der Waals surface area contributed by atoms with E-state index in [9.17, 15) is 0 Å². The van der Waals surface area contributed by atoms with Gasteiger partial charge >= 0.3 is 0 Å². The standard InChI is InChI=1S/C21H24N2O2/c1-2-6-18-16(5-1)17-14-23(11-10-19(17)22-18)13-15-8-9-21(25-15)20-7-3-4-12-24-20/h1-2,5-6,8-9,20,22H,3-4,7,10-14H2/t20-/m0/s1. The van der Waals surface area contributed by atoms with Crippen molar-refractivity contribution in [2.45, 2.75) is 44.9 Å². The van der Waals surface area contributed by atoms with Crippen molar-refractivity contribution < 1.29 is 9.15 Å². The molecule has 1 atom stereocenters. The Morgan fingerprint density at radius 2 is 2.08 bits per heavy atom. The molecule has 25 heavy (non-hydrogen) atoms. The van der Waals surface area contributed by atoms with Crippen molar-refractivity contribution in [3.05, 3.63) is 59.2 Å². The summed E-state index contributed by atoms with van der Waals surface area (Å²) >= 11 is 0. The predicted octanol–water partition coefficient (Wildman–Crippen LogP) is 4.56. The molecule has 2 aliphatic heterocycles. The smallest absolute Gasteiger partial charge is 0.133 e. The fourth-order valence-electron chi connectivity index (χ4n) is 4.20. The van der Waals surface area contributed by atoms with Gasteiger partial charge in [-0.1, -0.05) is 18.2 Å². The zero-order valence-electron chi connectivity index (χ0n) is 14.5. The minimum Gasteiger partial charge on any atom is -0.462 e. The minimum absolute atomic E-state index is 0.157. The molecular weight excluding hydrogens is 312 g/mol. The van der Waals surface area contributed by atoms with Crippen LogP contribution in [0.2, 0.25) is 0 Å². The second-order valence-electron chi connectivity index (χ2n) is 7.25. The first-order chi connectivity index (χ1) is 12.4. The van der Waals surface area contributed by atoms with Gasteiger partial charge in [0.25, 0.3) is 0 Å². The summed E-state index contributed by atoms with van der Waals surface area (Å²) in [6.45, 7) is 3.77. The van der Waals surface area contributed by atoms with E-state index < -0.39 is 0 Å². The van der Waals surface area contributed by atoms with Gasteiger partial charge in [-0.2, -0.15) is 0 Å². The Morgan fingerprint density at radius 3 is 3.00 bits per heavy atom. The van der Waals surface area contributed by atoms with E-state index in [-0.39, 0.29) is 6.10 Å². The monoisotopic (exact) mass is 336 g/mol. The summed E-state index contributed by atoms with van der Waals surface area (Å²) in [5, 5.41) is 1.36. The molecule has 4 heteroatoms. The molecule has 0 amide bonds. The van der Waals surface area contributed by atoms with Gasteiger partial charge in [0.05, 0.1) is 6.54 Å². The van der Waals surface area contributed by atoms with Gasteiger partial charge in [0.15, 0.2) is 0 Å². The van der Waals surface area contributed by atoms with Crippen molar-refractivity contribution >= 4 is 10.9 Å². The third kappa shape index (κ3) is 2.90. The predicted molar refractivity (Wildman–Crippen MR) is 97.4 cm³/mol. The molecule has 1 saturated heterocycles. The highest BCUT2D eigenvalue weighted by atomic mass is 16.5. The van der Waals surface area contributed by atoms with Crippen molar-refractivity contribution in [3.63, 3.8) is 0 Å². The number of H-pyrrole nitrogens is 1. The number of rotatable bonds is 3. The Morgan fingerprint density at radius 1 is 1.12 bits per heavy atom. The van der Waals surface area contributed by atoms with Crippen molar-refractivity contribution in [2.24, 2.45) is 0 Å². The molecule has 1 aromatic carbocycles. The van der Waals surface area contributed by atoms with Crippen LogP contribution in [-0.2, 0) is 24.2 Å². The second-order valence-corrected chi connectivity index (χ2v) is 7.25. The highest BCUT2D eigenvalue weighted by molar-refractivity contribution is 5.84. The van der Waals surface area contributed by atoms with E-state index in [2.05, 4.69) is 46.3 Å². The maximum absolute atomic E-state index is 6.11. The molecule has 130 valence electrons. The quantitative estimate of drug-likeness (QED) is 0.762. The maximum atomic E-state index is 6.11. The molecule has 0 aliphatic carbocycles. The summed E-state index contributed by atoms with van der Waals surface area (Å²) in [5.74, 6) is 2.05. The van der Waals surface area contributed by atoms with Crippen LogP contribution in [0.1, 0.15) is 48.1 Å². The van der Waals surface area contributed by atoms with E-state index in [1.807, 2.05) is 0 Å². The van der Waals surface area contributed by atoms with Crippen LogP contribution < -0.4 is 0 Å².